The van der Waals surface area contributed by atoms with Crippen LogP contribution in [0.15, 0.2) is 23.1 Å². The number of nitrogens with two attached hydrogens (primary N) is 1. The molecular formula is C14H22N2O3S. The van der Waals surface area contributed by atoms with Crippen LogP contribution in [0.1, 0.15) is 48.5 Å². The predicted octanol–water partition coefficient (Wildman–Crippen LogP) is 1.95. The van der Waals surface area contributed by atoms with Crippen molar-refractivity contribution < 1.29 is 13.2 Å². The van der Waals surface area contributed by atoms with E-state index in [9.17, 15) is 13.2 Å². The average molecular weight is 298 g/mol. The molecule has 0 spiro atoms. The summed E-state index contributed by atoms with van der Waals surface area (Å²) in [5.74, 6) is -0.268. The van der Waals surface area contributed by atoms with E-state index in [0.29, 0.717) is 17.7 Å². The fourth-order valence-corrected chi connectivity index (χ4v) is 2.54. The Balaban J connectivity index is 2.71. The first kappa shape index (κ1) is 16.7. The molecule has 0 radical (unpaired) electrons. The molecule has 0 saturated carbocycles. The number of nitrogens with one attached hydrogen (secondary N) is 1. The standard InChI is InChI=1S/C14H22N2O3S/c1-3-4-5-6-7-16-14(17)12-8-11(2)9-13(10-12)20(15,18)19/h8-10H,3-7H2,1-2H3,(H,16,17)(H2,15,18,19). The van der Waals surface area contributed by atoms with Gasteiger partial charge in [0.15, 0.2) is 0 Å². The van der Waals surface area contributed by atoms with Crippen molar-refractivity contribution in [2.75, 3.05) is 6.54 Å². The molecule has 1 aromatic carbocycles. The minimum atomic E-state index is -3.79. The van der Waals surface area contributed by atoms with E-state index in [2.05, 4.69) is 12.2 Å². The molecule has 3 N–H and O–H groups in total. The highest BCUT2D eigenvalue weighted by Gasteiger charge is 2.13. The lowest BCUT2D eigenvalue weighted by Crippen LogP contribution is -2.25. The SMILES string of the molecule is CCCCCCNC(=O)c1cc(C)cc(S(N)(=O)=O)c1. The summed E-state index contributed by atoms with van der Waals surface area (Å²) in [5.41, 5.74) is 1.01. The minimum Gasteiger partial charge on any atom is -0.352 e. The maximum absolute atomic E-state index is 12.0. The molecule has 112 valence electrons. The van der Waals surface area contributed by atoms with Gasteiger partial charge in [-0.15, -0.1) is 0 Å². The van der Waals surface area contributed by atoms with Crippen molar-refractivity contribution in [3.8, 4) is 0 Å². The topological polar surface area (TPSA) is 89.3 Å². The molecule has 0 atom stereocenters. The number of carbonyl (C=O) groups is 1. The highest BCUT2D eigenvalue weighted by atomic mass is 32.2. The second-order valence-electron chi connectivity index (χ2n) is 4.90. The number of hydrogen-bond acceptors (Lipinski definition) is 3. The molecule has 0 heterocycles. The molecule has 0 aromatic heterocycles. The molecule has 1 amide bonds. The molecule has 1 aromatic rings. The van der Waals surface area contributed by atoms with Gasteiger partial charge in [-0.1, -0.05) is 26.2 Å². The summed E-state index contributed by atoms with van der Waals surface area (Å²) < 4.78 is 22.7. The van der Waals surface area contributed by atoms with E-state index in [-0.39, 0.29) is 10.8 Å². The lowest BCUT2D eigenvalue weighted by atomic mass is 10.1. The van der Waals surface area contributed by atoms with E-state index in [4.69, 9.17) is 5.14 Å². The summed E-state index contributed by atoms with van der Waals surface area (Å²) in [7, 11) is -3.79. The normalized spacial score (nSPS) is 11.3. The molecule has 0 fully saturated rings. The Bertz CT molecular complexity index is 568. The number of unbranched alkanes of at least 4 members (excludes halogenated alkanes) is 3. The van der Waals surface area contributed by atoms with Gasteiger partial charge in [-0.25, -0.2) is 13.6 Å². The Labute approximate surface area is 120 Å². The molecule has 0 aliphatic heterocycles. The van der Waals surface area contributed by atoms with Gasteiger partial charge in [-0.05, 0) is 37.1 Å². The summed E-state index contributed by atoms with van der Waals surface area (Å²) in [6, 6.07) is 4.41. The molecular weight excluding hydrogens is 276 g/mol. The third kappa shape index (κ3) is 5.30. The first-order valence-electron chi connectivity index (χ1n) is 6.77. The number of amides is 1. The van der Waals surface area contributed by atoms with E-state index in [0.717, 1.165) is 25.7 Å². The molecule has 0 aliphatic carbocycles. The first-order chi connectivity index (χ1) is 9.34. The Morgan fingerprint density at radius 3 is 2.50 bits per heavy atom. The van der Waals surface area contributed by atoms with Crippen LogP contribution in [-0.4, -0.2) is 20.9 Å². The quantitative estimate of drug-likeness (QED) is 0.754. The highest BCUT2D eigenvalue weighted by molar-refractivity contribution is 7.89. The molecule has 0 saturated heterocycles. The molecule has 6 heteroatoms. The third-order valence-corrected chi connectivity index (χ3v) is 3.85. The Morgan fingerprint density at radius 2 is 1.90 bits per heavy atom. The lowest BCUT2D eigenvalue weighted by molar-refractivity contribution is 0.0952. The second kappa shape index (κ2) is 7.40. The van der Waals surface area contributed by atoms with Gasteiger partial charge in [0.05, 0.1) is 4.90 Å². The number of aryl methyl sites for hydroxylation is 1. The van der Waals surface area contributed by atoms with E-state index >= 15 is 0 Å². The summed E-state index contributed by atoms with van der Waals surface area (Å²) in [6.07, 6.45) is 4.29. The molecule has 1 rings (SSSR count). The van der Waals surface area contributed by atoms with Gasteiger partial charge in [0.25, 0.3) is 5.91 Å². The van der Waals surface area contributed by atoms with Crippen LogP contribution >= 0.6 is 0 Å². The van der Waals surface area contributed by atoms with Crippen LogP contribution in [0.25, 0.3) is 0 Å². The summed E-state index contributed by atoms with van der Waals surface area (Å²) in [5, 5.41) is 7.88. The van der Waals surface area contributed by atoms with Crippen LogP contribution < -0.4 is 10.5 Å². The van der Waals surface area contributed by atoms with Crippen LogP contribution in [0, 0.1) is 6.92 Å². The van der Waals surface area contributed by atoms with Crippen molar-refractivity contribution in [2.45, 2.75) is 44.4 Å². The van der Waals surface area contributed by atoms with Crippen molar-refractivity contribution in [2.24, 2.45) is 5.14 Å². The molecule has 20 heavy (non-hydrogen) atoms. The second-order valence-corrected chi connectivity index (χ2v) is 6.46. The molecule has 5 nitrogen and oxygen atoms in total. The number of sulfonamides is 1. The fourth-order valence-electron chi connectivity index (χ4n) is 1.90. The van der Waals surface area contributed by atoms with Crippen LogP contribution in [0.4, 0.5) is 0 Å². The summed E-state index contributed by atoms with van der Waals surface area (Å²) in [6.45, 7) is 4.45. The fraction of sp³-hybridized carbons (Fsp3) is 0.500. The highest BCUT2D eigenvalue weighted by Crippen LogP contribution is 2.13. The number of hydrogen-bond donors (Lipinski definition) is 2. The number of carbonyl (C=O) groups excluding carboxylic acids is 1. The Kier molecular flexibility index (Phi) is 6.16. The zero-order valence-corrected chi connectivity index (χ0v) is 12.8. The van der Waals surface area contributed by atoms with Crippen molar-refractivity contribution in [3.05, 3.63) is 29.3 Å². The molecule has 0 bridgehead atoms. The van der Waals surface area contributed by atoms with Crippen molar-refractivity contribution >= 4 is 15.9 Å². The lowest BCUT2D eigenvalue weighted by Gasteiger charge is -2.08. The smallest absolute Gasteiger partial charge is 0.251 e. The number of benzene rings is 1. The Morgan fingerprint density at radius 1 is 1.20 bits per heavy atom. The maximum atomic E-state index is 12.0. The molecule has 0 aliphatic rings. The third-order valence-electron chi connectivity index (χ3n) is 2.96. The van der Waals surface area contributed by atoms with E-state index < -0.39 is 10.0 Å². The predicted molar refractivity (Wildman–Crippen MR) is 79.0 cm³/mol. The van der Waals surface area contributed by atoms with Gasteiger partial charge in [0, 0.05) is 12.1 Å². The Hall–Kier alpha value is -1.40. The van der Waals surface area contributed by atoms with Crippen molar-refractivity contribution in [3.63, 3.8) is 0 Å². The van der Waals surface area contributed by atoms with E-state index in [1.54, 1.807) is 13.0 Å². The average Bonchev–Trinajstić information content (AvgIpc) is 2.36. The van der Waals surface area contributed by atoms with Crippen LogP contribution in [-0.2, 0) is 10.0 Å². The van der Waals surface area contributed by atoms with Crippen LogP contribution in [0.3, 0.4) is 0 Å². The van der Waals surface area contributed by atoms with Gasteiger partial charge in [0.2, 0.25) is 10.0 Å². The first-order valence-corrected chi connectivity index (χ1v) is 8.32. The van der Waals surface area contributed by atoms with Crippen molar-refractivity contribution in [1.29, 1.82) is 0 Å². The van der Waals surface area contributed by atoms with Crippen LogP contribution in [0.5, 0.6) is 0 Å². The van der Waals surface area contributed by atoms with Gasteiger partial charge in [-0.3, -0.25) is 4.79 Å². The maximum Gasteiger partial charge on any atom is 0.251 e. The minimum absolute atomic E-state index is 0.0337. The van der Waals surface area contributed by atoms with E-state index in [1.807, 2.05) is 0 Å². The van der Waals surface area contributed by atoms with Crippen molar-refractivity contribution in [1.82, 2.24) is 5.32 Å². The van der Waals surface area contributed by atoms with Gasteiger partial charge in [-0.2, -0.15) is 0 Å². The van der Waals surface area contributed by atoms with Gasteiger partial charge < -0.3 is 5.32 Å². The summed E-state index contributed by atoms with van der Waals surface area (Å²) in [4.78, 5) is 11.9. The number of rotatable bonds is 7. The zero-order valence-electron chi connectivity index (χ0n) is 12.0. The molecule has 0 unspecified atom stereocenters. The van der Waals surface area contributed by atoms with E-state index in [1.165, 1.54) is 12.1 Å². The van der Waals surface area contributed by atoms with Gasteiger partial charge >= 0.3 is 0 Å². The summed E-state index contributed by atoms with van der Waals surface area (Å²) >= 11 is 0. The monoisotopic (exact) mass is 298 g/mol. The zero-order chi connectivity index (χ0) is 15.2. The van der Waals surface area contributed by atoms with Gasteiger partial charge in [0.1, 0.15) is 0 Å². The van der Waals surface area contributed by atoms with Crippen LogP contribution in [0.2, 0.25) is 0 Å². The number of primary sulfonamides is 1. The largest absolute Gasteiger partial charge is 0.352 e.